The first kappa shape index (κ1) is 18.0. The topological polar surface area (TPSA) is 102 Å². The number of aromatic nitrogens is 2. The van der Waals surface area contributed by atoms with E-state index < -0.39 is 0 Å². The number of carbonyl (C=O) groups is 2. The van der Waals surface area contributed by atoms with Gasteiger partial charge in [-0.15, -0.1) is 0 Å². The van der Waals surface area contributed by atoms with Crippen molar-refractivity contribution in [2.24, 2.45) is 0 Å². The van der Waals surface area contributed by atoms with Crippen LogP contribution in [0.1, 0.15) is 6.42 Å². The summed E-state index contributed by atoms with van der Waals surface area (Å²) >= 11 is 6.19. The largest absolute Gasteiger partial charge is 0.482 e. The van der Waals surface area contributed by atoms with Gasteiger partial charge in [-0.25, -0.2) is 0 Å². The molecule has 2 amide bonds. The summed E-state index contributed by atoms with van der Waals surface area (Å²) in [4.78, 5) is 35.6. The standard InChI is InChI=1S/C19H15ClN4O4/c20-12-7-14-17(28-10-19(27)23-14)8-13(12)22-18(26)5-6-24-15-4-2-1-3-11(15)16(25)9-21-24/h1-4,7-9H,5-6,10H2,(H,22,26)(H,23,27). The van der Waals surface area contributed by atoms with E-state index in [0.717, 1.165) is 0 Å². The number of amides is 2. The summed E-state index contributed by atoms with van der Waals surface area (Å²) in [5.41, 5.74) is 1.35. The predicted molar refractivity (Wildman–Crippen MR) is 105 cm³/mol. The van der Waals surface area contributed by atoms with E-state index in [1.807, 2.05) is 6.07 Å². The van der Waals surface area contributed by atoms with Gasteiger partial charge in [0.2, 0.25) is 11.3 Å². The second kappa shape index (κ2) is 7.32. The first-order chi connectivity index (χ1) is 13.5. The normalized spacial score (nSPS) is 12.8. The number of nitrogens with one attached hydrogen (secondary N) is 2. The average molecular weight is 399 g/mol. The quantitative estimate of drug-likeness (QED) is 0.702. The Morgan fingerprint density at radius 1 is 1.29 bits per heavy atom. The van der Waals surface area contributed by atoms with Gasteiger partial charge in [0.1, 0.15) is 5.75 Å². The highest BCUT2D eigenvalue weighted by Crippen LogP contribution is 2.36. The number of benzene rings is 2. The zero-order valence-electron chi connectivity index (χ0n) is 14.6. The van der Waals surface area contributed by atoms with Crippen molar-refractivity contribution in [2.45, 2.75) is 13.0 Å². The highest BCUT2D eigenvalue weighted by atomic mass is 35.5. The predicted octanol–water partition coefficient (Wildman–Crippen LogP) is 2.41. The maximum atomic E-state index is 12.4. The van der Waals surface area contributed by atoms with E-state index in [1.54, 1.807) is 28.9 Å². The van der Waals surface area contributed by atoms with Crippen LogP contribution in [0.4, 0.5) is 11.4 Å². The molecule has 3 aromatic rings. The molecule has 0 aliphatic carbocycles. The molecule has 2 aromatic carbocycles. The van der Waals surface area contributed by atoms with Crippen LogP contribution in [0.25, 0.3) is 10.9 Å². The maximum absolute atomic E-state index is 12.4. The molecule has 8 nitrogen and oxygen atoms in total. The van der Waals surface area contributed by atoms with Crippen molar-refractivity contribution >= 4 is 45.7 Å². The summed E-state index contributed by atoms with van der Waals surface area (Å²) in [5.74, 6) is -0.0974. The summed E-state index contributed by atoms with van der Waals surface area (Å²) in [6.07, 6.45) is 1.37. The van der Waals surface area contributed by atoms with E-state index in [0.29, 0.717) is 34.6 Å². The molecular weight excluding hydrogens is 384 g/mol. The van der Waals surface area contributed by atoms with Crippen molar-refractivity contribution in [1.82, 2.24) is 9.78 Å². The molecule has 0 radical (unpaired) electrons. The molecule has 0 saturated heterocycles. The van der Waals surface area contributed by atoms with E-state index in [9.17, 15) is 14.4 Å². The van der Waals surface area contributed by atoms with E-state index in [4.69, 9.17) is 16.3 Å². The minimum atomic E-state index is -0.272. The van der Waals surface area contributed by atoms with E-state index >= 15 is 0 Å². The van der Waals surface area contributed by atoms with Gasteiger partial charge < -0.3 is 15.4 Å². The van der Waals surface area contributed by atoms with Crippen LogP contribution in [-0.4, -0.2) is 28.2 Å². The summed E-state index contributed by atoms with van der Waals surface area (Å²) in [7, 11) is 0. The Hall–Kier alpha value is -3.39. The Kier molecular flexibility index (Phi) is 4.70. The number of fused-ring (bicyclic) bond motifs is 2. The zero-order chi connectivity index (χ0) is 19.7. The molecule has 9 heteroatoms. The SMILES string of the molecule is O=C(CCn1ncc(=O)c2ccccc21)Nc1cc2c(cc1Cl)NC(=O)CO2. The van der Waals surface area contributed by atoms with Crippen LogP contribution in [0.2, 0.25) is 5.02 Å². The number of hydrogen-bond acceptors (Lipinski definition) is 5. The van der Waals surface area contributed by atoms with Gasteiger partial charge in [0, 0.05) is 17.9 Å². The monoisotopic (exact) mass is 398 g/mol. The second-order valence-electron chi connectivity index (χ2n) is 6.21. The Balaban J connectivity index is 1.48. The molecule has 28 heavy (non-hydrogen) atoms. The van der Waals surface area contributed by atoms with Crippen LogP contribution in [0.3, 0.4) is 0 Å². The Morgan fingerprint density at radius 2 is 2.11 bits per heavy atom. The number of halogens is 1. The van der Waals surface area contributed by atoms with E-state index in [2.05, 4.69) is 15.7 Å². The summed E-state index contributed by atoms with van der Waals surface area (Å²) < 4.78 is 6.95. The van der Waals surface area contributed by atoms with Gasteiger partial charge >= 0.3 is 0 Å². The fourth-order valence-electron chi connectivity index (χ4n) is 2.96. The molecule has 0 unspecified atom stereocenters. The minimum absolute atomic E-state index is 0.0902. The minimum Gasteiger partial charge on any atom is -0.482 e. The van der Waals surface area contributed by atoms with Crippen LogP contribution in [0, 0.1) is 0 Å². The van der Waals surface area contributed by atoms with Crippen LogP contribution < -0.4 is 20.8 Å². The molecule has 142 valence electrons. The number of aryl methyl sites for hydroxylation is 1. The highest BCUT2D eigenvalue weighted by Gasteiger charge is 2.19. The summed E-state index contributed by atoms with van der Waals surface area (Å²) in [5, 5.41) is 10.3. The van der Waals surface area contributed by atoms with Gasteiger partial charge in [-0.3, -0.25) is 19.1 Å². The first-order valence-electron chi connectivity index (χ1n) is 8.52. The number of ether oxygens (including phenoxy) is 1. The lowest BCUT2D eigenvalue weighted by atomic mass is 10.2. The van der Waals surface area contributed by atoms with Crippen LogP contribution in [-0.2, 0) is 16.1 Å². The smallest absolute Gasteiger partial charge is 0.262 e. The fraction of sp³-hybridized carbons (Fsp3) is 0.158. The van der Waals surface area contributed by atoms with Crippen molar-refractivity contribution in [1.29, 1.82) is 0 Å². The molecule has 0 saturated carbocycles. The maximum Gasteiger partial charge on any atom is 0.262 e. The van der Waals surface area contributed by atoms with Gasteiger partial charge in [-0.05, 0) is 18.2 Å². The van der Waals surface area contributed by atoms with Crippen molar-refractivity contribution < 1.29 is 14.3 Å². The lowest BCUT2D eigenvalue weighted by Gasteiger charge is -2.19. The van der Waals surface area contributed by atoms with E-state index in [-0.39, 0.29) is 35.3 Å². The Bertz CT molecular complexity index is 1160. The molecule has 1 aliphatic rings. The summed E-state index contributed by atoms with van der Waals surface area (Å²) in [6, 6.07) is 10.2. The second-order valence-corrected chi connectivity index (χ2v) is 6.62. The molecule has 1 aliphatic heterocycles. The van der Waals surface area contributed by atoms with Gasteiger partial charge in [0.15, 0.2) is 6.61 Å². The van der Waals surface area contributed by atoms with Gasteiger partial charge in [0.05, 0.1) is 34.7 Å². The highest BCUT2D eigenvalue weighted by molar-refractivity contribution is 6.34. The molecule has 2 heterocycles. The van der Waals surface area contributed by atoms with Crippen LogP contribution in [0.15, 0.2) is 47.4 Å². The van der Waals surface area contributed by atoms with Gasteiger partial charge in [0.25, 0.3) is 5.91 Å². The number of para-hydroxylation sites is 1. The number of anilines is 2. The molecule has 0 spiro atoms. The molecule has 0 bridgehead atoms. The fourth-order valence-corrected chi connectivity index (χ4v) is 3.17. The van der Waals surface area contributed by atoms with Crippen LogP contribution in [0.5, 0.6) is 5.75 Å². The lowest BCUT2D eigenvalue weighted by molar-refractivity contribution is -0.118. The van der Waals surface area contributed by atoms with E-state index in [1.165, 1.54) is 12.3 Å². The molecule has 1 aromatic heterocycles. The van der Waals surface area contributed by atoms with Crippen molar-refractivity contribution in [3.8, 4) is 5.75 Å². The molecular formula is C19H15ClN4O4. The van der Waals surface area contributed by atoms with Crippen molar-refractivity contribution in [3.05, 3.63) is 57.8 Å². The van der Waals surface area contributed by atoms with Crippen molar-refractivity contribution in [3.63, 3.8) is 0 Å². The van der Waals surface area contributed by atoms with Crippen molar-refractivity contribution in [2.75, 3.05) is 17.2 Å². The molecule has 0 atom stereocenters. The third-order valence-electron chi connectivity index (χ3n) is 4.29. The third-order valence-corrected chi connectivity index (χ3v) is 4.60. The number of nitrogens with zero attached hydrogens (tertiary/aromatic N) is 2. The molecule has 2 N–H and O–H groups in total. The number of rotatable bonds is 4. The number of carbonyl (C=O) groups excluding carboxylic acids is 2. The summed E-state index contributed by atoms with van der Waals surface area (Å²) in [6.45, 7) is 0.203. The lowest BCUT2D eigenvalue weighted by Crippen LogP contribution is -2.25. The third kappa shape index (κ3) is 3.54. The Labute approximate surface area is 164 Å². The van der Waals surface area contributed by atoms with Crippen LogP contribution >= 0.6 is 11.6 Å². The molecule has 4 rings (SSSR count). The zero-order valence-corrected chi connectivity index (χ0v) is 15.3. The van der Waals surface area contributed by atoms with Gasteiger partial charge in [-0.1, -0.05) is 23.7 Å². The van der Waals surface area contributed by atoms with Gasteiger partial charge in [-0.2, -0.15) is 5.10 Å². The average Bonchev–Trinajstić information content (AvgIpc) is 2.68. The first-order valence-corrected chi connectivity index (χ1v) is 8.90. The Morgan fingerprint density at radius 3 is 2.96 bits per heavy atom. The number of hydrogen-bond donors (Lipinski definition) is 2. The molecule has 0 fully saturated rings.